The maximum Gasteiger partial charge on any atom is 0.0970 e. The second-order valence-corrected chi connectivity index (χ2v) is 16.1. The molecule has 4 aromatic rings. The maximum absolute atomic E-state index is 5.39. The highest BCUT2D eigenvalue weighted by molar-refractivity contribution is 6.05. The molecule has 6 bridgehead atoms. The van der Waals surface area contributed by atoms with Crippen LogP contribution in [0.5, 0.6) is 0 Å². The second kappa shape index (κ2) is 10.9. The summed E-state index contributed by atoms with van der Waals surface area (Å²) in [6, 6.07) is 21.5. The van der Waals surface area contributed by atoms with E-state index in [4.69, 9.17) is 9.98 Å². The predicted octanol–water partition coefficient (Wildman–Crippen LogP) is 12.2. The first-order valence-electron chi connectivity index (χ1n) is 17.4. The zero-order valence-electron chi connectivity index (χ0n) is 30.1. The molecule has 0 N–H and O–H groups in total. The van der Waals surface area contributed by atoms with E-state index in [1.807, 2.05) is 0 Å². The summed E-state index contributed by atoms with van der Waals surface area (Å²) in [5.74, 6) is 2.38. The fraction of sp³-hybridized carbons (Fsp3) is 0.488. The molecule has 0 amide bonds. The minimum atomic E-state index is -0.187. The van der Waals surface area contributed by atoms with E-state index in [-0.39, 0.29) is 22.7 Å². The topological polar surface area (TPSA) is 25.2 Å². The van der Waals surface area contributed by atoms with Gasteiger partial charge in [-0.05, 0) is 98.9 Å². The van der Waals surface area contributed by atoms with Crippen LogP contribution in [0.3, 0.4) is 0 Å². The van der Waals surface area contributed by atoms with Gasteiger partial charge in [-0.25, -0.2) is 0 Å². The van der Waals surface area contributed by atoms with Crippen LogP contribution in [0, 0.1) is 24.7 Å². The van der Waals surface area contributed by atoms with Crippen LogP contribution in [0.25, 0.3) is 22.0 Å². The minimum absolute atomic E-state index is 0.176. The Kier molecular flexibility index (Phi) is 7.70. The molecule has 2 heterocycles. The highest BCUT2D eigenvalue weighted by Crippen LogP contribution is 2.56. The van der Waals surface area contributed by atoms with Crippen LogP contribution in [0.4, 0.5) is 5.69 Å². The Bertz CT molecular complexity index is 1830. The lowest BCUT2D eigenvalue weighted by Gasteiger charge is -2.47. The number of fused-ring (bicyclic) bond motifs is 2. The SMILES string of the molecule is CC1=Nc2c3ccc4c(cc(C)nc24)-c2c(C(C)C(C)C)cccc2C(C)(C)C(C)(C)c2cccc(C(C)C(C)C)c2C3C1C. The van der Waals surface area contributed by atoms with Gasteiger partial charge in [-0.3, -0.25) is 9.98 Å². The first-order chi connectivity index (χ1) is 21.1. The lowest BCUT2D eigenvalue weighted by Crippen LogP contribution is -2.42. The van der Waals surface area contributed by atoms with Gasteiger partial charge in [0.25, 0.3) is 0 Å². The summed E-state index contributed by atoms with van der Waals surface area (Å²) in [5, 5.41) is 1.21. The molecule has 3 aliphatic rings. The van der Waals surface area contributed by atoms with Crippen LogP contribution >= 0.6 is 0 Å². The van der Waals surface area contributed by atoms with Crippen LogP contribution in [0.1, 0.15) is 140 Å². The average Bonchev–Trinajstić information content (AvgIpc) is 2.99. The number of hydrogen-bond donors (Lipinski definition) is 0. The van der Waals surface area contributed by atoms with Crippen LogP contribution in [0.2, 0.25) is 0 Å². The highest BCUT2D eigenvalue weighted by Gasteiger charge is 2.46. The Balaban J connectivity index is 1.89. The van der Waals surface area contributed by atoms with Gasteiger partial charge in [-0.2, -0.15) is 0 Å². The summed E-state index contributed by atoms with van der Waals surface area (Å²) in [4.78, 5) is 10.7. The van der Waals surface area contributed by atoms with E-state index in [0.29, 0.717) is 23.7 Å². The molecule has 0 spiro atoms. The van der Waals surface area contributed by atoms with Crippen LogP contribution in [0.15, 0.2) is 59.6 Å². The predicted molar refractivity (Wildman–Crippen MR) is 195 cm³/mol. The van der Waals surface area contributed by atoms with E-state index in [2.05, 4.69) is 145 Å². The molecule has 2 aliphatic carbocycles. The third-order valence-corrected chi connectivity index (χ3v) is 12.6. The van der Waals surface area contributed by atoms with Crippen molar-refractivity contribution in [3.63, 3.8) is 0 Å². The van der Waals surface area contributed by atoms with Gasteiger partial charge >= 0.3 is 0 Å². The lowest BCUT2D eigenvalue weighted by molar-refractivity contribution is 0.299. The van der Waals surface area contributed by atoms with Crippen molar-refractivity contribution < 1.29 is 0 Å². The molecule has 0 fully saturated rings. The van der Waals surface area contributed by atoms with Crippen molar-refractivity contribution >= 4 is 22.3 Å². The first kappa shape index (κ1) is 31.7. The number of nitrogens with zero attached hydrogens (tertiary/aromatic N) is 2. The average molecular weight is 599 g/mol. The van der Waals surface area contributed by atoms with Gasteiger partial charge in [0.1, 0.15) is 0 Å². The number of aromatic nitrogens is 1. The van der Waals surface area contributed by atoms with Crippen LogP contribution in [-0.2, 0) is 10.8 Å². The molecule has 236 valence electrons. The monoisotopic (exact) mass is 598 g/mol. The van der Waals surface area contributed by atoms with E-state index in [0.717, 1.165) is 16.9 Å². The lowest BCUT2D eigenvalue weighted by atomic mass is 9.56. The Morgan fingerprint density at radius 1 is 0.711 bits per heavy atom. The van der Waals surface area contributed by atoms with E-state index < -0.39 is 0 Å². The van der Waals surface area contributed by atoms with Crippen molar-refractivity contribution in [2.45, 2.75) is 119 Å². The fourth-order valence-corrected chi connectivity index (χ4v) is 8.23. The van der Waals surface area contributed by atoms with Crippen molar-refractivity contribution in [3.8, 4) is 11.1 Å². The first-order valence-corrected chi connectivity index (χ1v) is 17.4. The molecule has 1 aromatic heterocycles. The van der Waals surface area contributed by atoms with Crippen LogP contribution < -0.4 is 0 Å². The molecule has 0 radical (unpaired) electrons. The molecule has 4 atom stereocenters. The zero-order chi connectivity index (χ0) is 32.7. The van der Waals surface area contributed by atoms with Gasteiger partial charge in [0.2, 0.25) is 0 Å². The van der Waals surface area contributed by atoms with E-state index in [1.165, 1.54) is 55.6 Å². The Hall–Kier alpha value is -3.26. The molecule has 4 unspecified atom stereocenters. The number of aliphatic imine (C=N–C) groups is 1. The minimum Gasteiger partial charge on any atom is -0.255 e. The molecular weight excluding hydrogens is 544 g/mol. The zero-order valence-corrected chi connectivity index (χ0v) is 30.1. The normalized spacial score (nSPS) is 21.3. The molecule has 2 heteroatoms. The number of pyridine rings is 1. The van der Waals surface area contributed by atoms with Crippen LogP contribution in [-0.4, -0.2) is 10.7 Å². The number of rotatable bonds is 4. The van der Waals surface area contributed by atoms with Gasteiger partial charge in [0, 0.05) is 28.6 Å². The van der Waals surface area contributed by atoms with Gasteiger partial charge in [-0.15, -0.1) is 0 Å². The molecule has 2 nitrogen and oxygen atoms in total. The van der Waals surface area contributed by atoms with Gasteiger partial charge in [-0.1, -0.05) is 125 Å². The van der Waals surface area contributed by atoms with E-state index in [9.17, 15) is 0 Å². The van der Waals surface area contributed by atoms with Crippen molar-refractivity contribution in [1.82, 2.24) is 4.98 Å². The Morgan fingerprint density at radius 3 is 1.93 bits per heavy atom. The molecule has 3 aromatic carbocycles. The summed E-state index contributed by atoms with van der Waals surface area (Å²) in [6.45, 7) is 31.1. The largest absolute Gasteiger partial charge is 0.255 e. The number of aryl methyl sites for hydroxylation is 1. The standard InChI is InChI=1S/C43H54N2/c1-23(2)26(6)30-16-14-18-35-38(30)34-22-25(5)44-40-32(34)20-21-33-37(28(8)29(9)45-41(33)40)39-31(27(7)24(3)4)17-15-19-36(39)43(12,13)42(35,10)11/h14-24,26-28,37H,1-13H3. The van der Waals surface area contributed by atoms with Crippen molar-refractivity contribution in [3.05, 3.63) is 93.7 Å². The third kappa shape index (κ3) is 4.64. The third-order valence-electron chi connectivity index (χ3n) is 12.6. The van der Waals surface area contributed by atoms with Crippen molar-refractivity contribution in [2.75, 3.05) is 0 Å². The summed E-state index contributed by atoms with van der Waals surface area (Å²) in [5.41, 5.74) is 15.4. The quantitative estimate of drug-likeness (QED) is 0.229. The number of hydrogen-bond acceptors (Lipinski definition) is 2. The number of benzene rings is 3. The molecule has 0 saturated carbocycles. The summed E-state index contributed by atoms with van der Waals surface area (Å²) in [7, 11) is 0. The smallest absolute Gasteiger partial charge is 0.0970 e. The Labute approximate surface area is 272 Å². The maximum atomic E-state index is 5.39. The van der Waals surface area contributed by atoms with Crippen molar-refractivity contribution in [1.29, 1.82) is 0 Å². The fourth-order valence-electron chi connectivity index (χ4n) is 8.23. The van der Waals surface area contributed by atoms with Gasteiger partial charge < -0.3 is 0 Å². The summed E-state index contributed by atoms with van der Waals surface area (Å²) in [6.07, 6.45) is 0. The van der Waals surface area contributed by atoms with Gasteiger partial charge in [0.05, 0.1) is 11.2 Å². The molecular formula is C43H54N2. The molecule has 45 heavy (non-hydrogen) atoms. The molecule has 0 saturated heterocycles. The van der Waals surface area contributed by atoms with E-state index >= 15 is 0 Å². The van der Waals surface area contributed by atoms with Gasteiger partial charge in [0.15, 0.2) is 0 Å². The second-order valence-electron chi connectivity index (χ2n) is 16.1. The summed E-state index contributed by atoms with van der Waals surface area (Å²) < 4.78 is 0. The van der Waals surface area contributed by atoms with E-state index in [1.54, 1.807) is 0 Å². The molecule has 1 aliphatic heterocycles. The highest BCUT2D eigenvalue weighted by atomic mass is 14.8. The molecule has 7 rings (SSSR count). The Morgan fingerprint density at radius 2 is 1.29 bits per heavy atom. The van der Waals surface area contributed by atoms with Crippen molar-refractivity contribution in [2.24, 2.45) is 22.7 Å². The summed E-state index contributed by atoms with van der Waals surface area (Å²) >= 11 is 0.